The molecule has 0 saturated carbocycles. The second kappa shape index (κ2) is 7.74. The number of rotatable bonds is 9. The Balaban J connectivity index is 2.15. The minimum atomic E-state index is -3.55. The molecule has 0 aliphatic heterocycles. The first-order valence-electron chi connectivity index (χ1n) is 6.94. The van der Waals surface area contributed by atoms with E-state index in [0.29, 0.717) is 5.82 Å². The van der Waals surface area contributed by atoms with Crippen molar-refractivity contribution in [1.29, 1.82) is 0 Å². The average molecular weight is 394 g/mol. The molecule has 0 aliphatic carbocycles. The van der Waals surface area contributed by atoms with Crippen LogP contribution in [-0.4, -0.2) is 60.0 Å². The molecule has 0 fully saturated rings. The summed E-state index contributed by atoms with van der Waals surface area (Å²) in [6, 6.07) is 7.59. The summed E-state index contributed by atoms with van der Waals surface area (Å²) in [5, 5.41) is 0.904. The lowest BCUT2D eigenvalue weighted by Gasteiger charge is -2.22. The zero-order chi connectivity index (χ0) is 17.8. The Hall–Kier alpha value is -1.27. The van der Waals surface area contributed by atoms with Crippen LogP contribution in [0.3, 0.4) is 0 Å². The molecular formula is C13H18N2O6S3. The van der Waals surface area contributed by atoms with Gasteiger partial charge in [-0.1, -0.05) is 12.1 Å². The number of benzene rings is 1. The summed E-state index contributed by atoms with van der Waals surface area (Å²) >= 11 is 1.31. The van der Waals surface area contributed by atoms with Crippen LogP contribution in [0, 0.1) is 0 Å². The van der Waals surface area contributed by atoms with E-state index in [2.05, 4.69) is 4.37 Å². The van der Waals surface area contributed by atoms with Crippen LogP contribution < -0.4 is 4.90 Å². The second-order valence-corrected chi connectivity index (χ2v) is 9.13. The van der Waals surface area contributed by atoms with Crippen LogP contribution >= 0.6 is 11.5 Å². The van der Waals surface area contributed by atoms with Crippen molar-refractivity contribution in [2.45, 2.75) is 0 Å². The summed E-state index contributed by atoms with van der Waals surface area (Å²) in [5.41, 5.74) is 0. The monoisotopic (exact) mass is 394 g/mol. The summed E-state index contributed by atoms with van der Waals surface area (Å²) in [5.74, 6) is 0.643. The van der Waals surface area contributed by atoms with E-state index in [1.807, 2.05) is 24.3 Å². The van der Waals surface area contributed by atoms with Gasteiger partial charge in [0, 0.05) is 18.5 Å². The SMILES string of the molecule is CS(=O)(=O)OCCN(CCOS(C)(=O)=O)c1nsc2ccccc12. The van der Waals surface area contributed by atoms with Gasteiger partial charge in [-0.05, 0) is 23.7 Å². The van der Waals surface area contributed by atoms with Gasteiger partial charge in [0.25, 0.3) is 20.2 Å². The van der Waals surface area contributed by atoms with Gasteiger partial charge < -0.3 is 4.90 Å². The summed E-state index contributed by atoms with van der Waals surface area (Å²) in [6.45, 7) is 0.328. The summed E-state index contributed by atoms with van der Waals surface area (Å²) in [7, 11) is -7.09. The average Bonchev–Trinajstić information content (AvgIpc) is 2.87. The van der Waals surface area contributed by atoms with Gasteiger partial charge in [0.2, 0.25) is 0 Å². The largest absolute Gasteiger partial charge is 0.351 e. The molecule has 0 spiro atoms. The van der Waals surface area contributed by atoms with Gasteiger partial charge in [-0.25, -0.2) is 0 Å². The summed E-state index contributed by atoms with van der Waals surface area (Å²) in [6.07, 6.45) is 1.95. The van der Waals surface area contributed by atoms with Gasteiger partial charge in [0.1, 0.15) is 5.82 Å². The van der Waals surface area contributed by atoms with E-state index >= 15 is 0 Å². The minimum Gasteiger partial charge on any atom is -0.351 e. The van der Waals surface area contributed by atoms with Gasteiger partial charge in [0.05, 0.1) is 30.4 Å². The molecule has 24 heavy (non-hydrogen) atoms. The molecule has 2 rings (SSSR count). The van der Waals surface area contributed by atoms with Crippen molar-refractivity contribution in [2.24, 2.45) is 0 Å². The number of nitrogens with zero attached hydrogens (tertiary/aromatic N) is 2. The Bertz CT molecular complexity index is 853. The molecule has 0 unspecified atom stereocenters. The van der Waals surface area contributed by atoms with Crippen molar-refractivity contribution in [2.75, 3.05) is 43.7 Å². The van der Waals surface area contributed by atoms with E-state index in [1.54, 1.807) is 4.90 Å². The molecule has 1 aromatic heterocycles. The van der Waals surface area contributed by atoms with Crippen molar-refractivity contribution in [3.8, 4) is 0 Å². The molecule has 0 N–H and O–H groups in total. The van der Waals surface area contributed by atoms with Crippen molar-refractivity contribution in [1.82, 2.24) is 4.37 Å². The zero-order valence-corrected chi connectivity index (χ0v) is 15.7. The van der Waals surface area contributed by atoms with Crippen LogP contribution in [0.2, 0.25) is 0 Å². The second-order valence-electron chi connectivity index (χ2n) is 5.04. The molecule has 0 radical (unpaired) electrons. The predicted molar refractivity (Wildman–Crippen MR) is 93.4 cm³/mol. The fourth-order valence-electron chi connectivity index (χ4n) is 2.02. The van der Waals surface area contributed by atoms with Crippen molar-refractivity contribution in [3.63, 3.8) is 0 Å². The smallest absolute Gasteiger partial charge is 0.264 e. The maximum absolute atomic E-state index is 11.1. The van der Waals surface area contributed by atoms with E-state index < -0.39 is 20.2 Å². The molecule has 0 atom stereocenters. The third kappa shape index (κ3) is 5.98. The van der Waals surface area contributed by atoms with E-state index in [1.165, 1.54) is 11.5 Å². The topological polar surface area (TPSA) is 103 Å². The molecule has 1 aromatic carbocycles. The standard InChI is InChI=1S/C13H18N2O6S3/c1-23(16,17)20-9-7-15(8-10-21-24(2,18)19)13-11-5-3-4-6-12(11)22-14-13/h3-6H,7-10H2,1-2H3. The molecule has 8 nitrogen and oxygen atoms in total. The van der Waals surface area contributed by atoms with Crippen molar-refractivity contribution in [3.05, 3.63) is 24.3 Å². The Morgan fingerprint density at radius 1 is 1.00 bits per heavy atom. The van der Waals surface area contributed by atoms with Gasteiger partial charge in [-0.15, -0.1) is 0 Å². The highest BCUT2D eigenvalue weighted by Gasteiger charge is 2.16. The molecule has 0 bridgehead atoms. The highest BCUT2D eigenvalue weighted by molar-refractivity contribution is 7.86. The van der Waals surface area contributed by atoms with Crippen molar-refractivity contribution < 1.29 is 25.2 Å². The first kappa shape index (κ1) is 19.1. The molecule has 11 heteroatoms. The molecule has 0 saturated heterocycles. The van der Waals surface area contributed by atoms with Gasteiger partial charge in [-0.3, -0.25) is 8.37 Å². The molecule has 1 heterocycles. The first-order chi connectivity index (χ1) is 11.2. The van der Waals surface area contributed by atoms with Gasteiger partial charge in [-0.2, -0.15) is 21.2 Å². The quantitative estimate of drug-likeness (QED) is 0.582. The number of anilines is 1. The molecule has 2 aromatic rings. The lowest BCUT2D eigenvalue weighted by molar-refractivity contribution is 0.309. The highest BCUT2D eigenvalue weighted by Crippen LogP contribution is 2.29. The fourth-order valence-corrected chi connectivity index (χ4v) is 3.57. The summed E-state index contributed by atoms with van der Waals surface area (Å²) in [4.78, 5) is 1.75. The number of fused-ring (bicyclic) bond motifs is 1. The lowest BCUT2D eigenvalue weighted by Crippen LogP contribution is -2.32. The third-order valence-electron chi connectivity index (χ3n) is 2.98. The van der Waals surface area contributed by atoms with Crippen molar-refractivity contribution >= 4 is 47.7 Å². The Labute approximate surface area is 145 Å². The summed E-state index contributed by atoms with van der Waals surface area (Å²) < 4.78 is 59.3. The van der Waals surface area contributed by atoms with E-state index in [-0.39, 0.29) is 26.3 Å². The van der Waals surface area contributed by atoms with Crippen LogP contribution in [0.4, 0.5) is 5.82 Å². The minimum absolute atomic E-state index is 0.0659. The fraction of sp³-hybridized carbons (Fsp3) is 0.462. The highest BCUT2D eigenvalue weighted by atomic mass is 32.2. The molecule has 134 valence electrons. The first-order valence-corrected chi connectivity index (χ1v) is 11.3. The van der Waals surface area contributed by atoms with Crippen LogP contribution in [-0.2, 0) is 28.6 Å². The predicted octanol–water partition coefficient (Wildman–Crippen LogP) is 1.06. The van der Waals surface area contributed by atoms with E-state index in [4.69, 9.17) is 8.37 Å². The number of aromatic nitrogens is 1. The molecule has 0 aliphatic rings. The number of hydrogen-bond donors (Lipinski definition) is 0. The maximum atomic E-state index is 11.1. The Morgan fingerprint density at radius 3 is 2.08 bits per heavy atom. The maximum Gasteiger partial charge on any atom is 0.264 e. The Kier molecular flexibility index (Phi) is 6.15. The van der Waals surface area contributed by atoms with Crippen LogP contribution in [0.25, 0.3) is 10.1 Å². The van der Waals surface area contributed by atoms with E-state index in [0.717, 1.165) is 22.6 Å². The Morgan fingerprint density at radius 2 is 1.54 bits per heavy atom. The number of hydrogen-bond acceptors (Lipinski definition) is 9. The lowest BCUT2D eigenvalue weighted by atomic mass is 10.2. The van der Waals surface area contributed by atoms with Crippen LogP contribution in [0.15, 0.2) is 24.3 Å². The van der Waals surface area contributed by atoms with Gasteiger partial charge in [0.15, 0.2) is 0 Å². The van der Waals surface area contributed by atoms with Crippen LogP contribution in [0.5, 0.6) is 0 Å². The zero-order valence-electron chi connectivity index (χ0n) is 13.2. The van der Waals surface area contributed by atoms with E-state index in [9.17, 15) is 16.8 Å². The third-order valence-corrected chi connectivity index (χ3v) is 4.98. The molecular weight excluding hydrogens is 376 g/mol. The molecule has 0 amide bonds. The normalized spacial score (nSPS) is 12.6. The van der Waals surface area contributed by atoms with Crippen LogP contribution in [0.1, 0.15) is 0 Å². The van der Waals surface area contributed by atoms with Gasteiger partial charge >= 0.3 is 0 Å².